The standard InChI is InChI=1S/C18H19NO/c1-15-7-5-11-17(12-13-19)18(15)20-14-6-10-16-8-3-2-4-9-16/h2-5,7-9,11H,12-14,19H2,1H3. The highest BCUT2D eigenvalue weighted by Gasteiger charge is 2.05. The maximum Gasteiger partial charge on any atom is 0.149 e. The normalized spacial score (nSPS) is 9.70. The summed E-state index contributed by atoms with van der Waals surface area (Å²) in [6, 6.07) is 16.0. The van der Waals surface area contributed by atoms with Gasteiger partial charge in [0.05, 0.1) is 0 Å². The Morgan fingerprint density at radius 3 is 2.60 bits per heavy atom. The van der Waals surface area contributed by atoms with Crippen LogP contribution >= 0.6 is 0 Å². The summed E-state index contributed by atoms with van der Waals surface area (Å²) in [5.74, 6) is 7.05. The monoisotopic (exact) mass is 265 g/mol. The molecule has 0 heterocycles. The largest absolute Gasteiger partial charge is 0.480 e. The second kappa shape index (κ2) is 7.37. The lowest BCUT2D eigenvalue weighted by atomic mass is 10.1. The van der Waals surface area contributed by atoms with Crippen LogP contribution in [0, 0.1) is 18.8 Å². The Bertz CT molecular complexity index is 608. The van der Waals surface area contributed by atoms with Crippen molar-refractivity contribution in [1.82, 2.24) is 0 Å². The van der Waals surface area contributed by atoms with Gasteiger partial charge in [-0.25, -0.2) is 0 Å². The Hall–Kier alpha value is -2.24. The minimum absolute atomic E-state index is 0.386. The van der Waals surface area contributed by atoms with Gasteiger partial charge >= 0.3 is 0 Å². The van der Waals surface area contributed by atoms with Crippen molar-refractivity contribution in [2.45, 2.75) is 13.3 Å². The molecule has 0 aliphatic rings. The third kappa shape index (κ3) is 3.88. The minimum atomic E-state index is 0.386. The van der Waals surface area contributed by atoms with Gasteiger partial charge in [0.2, 0.25) is 0 Å². The third-order valence-electron chi connectivity index (χ3n) is 3.00. The van der Waals surface area contributed by atoms with E-state index in [9.17, 15) is 0 Å². The highest BCUT2D eigenvalue weighted by Crippen LogP contribution is 2.23. The first kappa shape index (κ1) is 14.2. The fourth-order valence-corrected chi connectivity index (χ4v) is 2.04. The second-order valence-electron chi connectivity index (χ2n) is 4.56. The van der Waals surface area contributed by atoms with E-state index in [0.29, 0.717) is 13.2 Å². The summed E-state index contributed by atoms with van der Waals surface area (Å²) < 4.78 is 5.81. The fraction of sp³-hybridized carbons (Fsp3) is 0.222. The summed E-state index contributed by atoms with van der Waals surface area (Å²) in [6.45, 7) is 3.05. The molecule has 2 rings (SSSR count). The molecule has 0 aromatic heterocycles. The molecule has 0 amide bonds. The van der Waals surface area contributed by atoms with Gasteiger partial charge in [-0.05, 0) is 43.1 Å². The zero-order chi connectivity index (χ0) is 14.2. The summed E-state index contributed by atoms with van der Waals surface area (Å²) in [7, 11) is 0. The van der Waals surface area contributed by atoms with Gasteiger partial charge in [-0.3, -0.25) is 0 Å². The molecular formula is C18H19NO. The smallest absolute Gasteiger partial charge is 0.149 e. The lowest BCUT2D eigenvalue weighted by Crippen LogP contribution is -2.06. The number of ether oxygens (including phenoxy) is 1. The van der Waals surface area contributed by atoms with E-state index in [2.05, 4.69) is 17.9 Å². The summed E-state index contributed by atoms with van der Waals surface area (Å²) >= 11 is 0. The molecule has 2 aromatic rings. The van der Waals surface area contributed by atoms with Crippen LogP contribution < -0.4 is 10.5 Å². The van der Waals surface area contributed by atoms with Gasteiger partial charge in [-0.2, -0.15) is 0 Å². The van der Waals surface area contributed by atoms with Crippen molar-refractivity contribution >= 4 is 0 Å². The van der Waals surface area contributed by atoms with Gasteiger partial charge in [-0.15, -0.1) is 0 Å². The van der Waals surface area contributed by atoms with E-state index in [1.165, 1.54) is 0 Å². The molecule has 0 bridgehead atoms. The first-order chi connectivity index (χ1) is 9.81. The van der Waals surface area contributed by atoms with Crippen molar-refractivity contribution in [2.75, 3.05) is 13.2 Å². The summed E-state index contributed by atoms with van der Waals surface area (Å²) in [5.41, 5.74) is 8.90. The van der Waals surface area contributed by atoms with Crippen LogP contribution in [0.1, 0.15) is 16.7 Å². The van der Waals surface area contributed by atoms with Crippen LogP contribution in [-0.2, 0) is 6.42 Å². The highest BCUT2D eigenvalue weighted by molar-refractivity contribution is 5.41. The van der Waals surface area contributed by atoms with Crippen LogP contribution in [0.3, 0.4) is 0 Å². The van der Waals surface area contributed by atoms with E-state index in [0.717, 1.165) is 28.9 Å². The quantitative estimate of drug-likeness (QED) is 0.863. The van der Waals surface area contributed by atoms with Gasteiger partial charge in [0.1, 0.15) is 12.4 Å². The fourth-order valence-electron chi connectivity index (χ4n) is 2.04. The number of hydrogen-bond acceptors (Lipinski definition) is 2. The molecule has 0 unspecified atom stereocenters. The van der Waals surface area contributed by atoms with Crippen LogP contribution in [0.15, 0.2) is 48.5 Å². The molecule has 2 aromatic carbocycles. The van der Waals surface area contributed by atoms with Crippen molar-refractivity contribution in [1.29, 1.82) is 0 Å². The first-order valence-corrected chi connectivity index (χ1v) is 6.76. The Morgan fingerprint density at radius 1 is 1.05 bits per heavy atom. The maximum absolute atomic E-state index is 5.81. The molecule has 0 radical (unpaired) electrons. The van der Waals surface area contributed by atoms with Crippen molar-refractivity contribution < 1.29 is 4.74 Å². The molecule has 0 saturated heterocycles. The molecule has 0 aliphatic carbocycles. The van der Waals surface area contributed by atoms with Crippen LogP contribution in [0.5, 0.6) is 5.75 Å². The molecule has 0 aliphatic heterocycles. The van der Waals surface area contributed by atoms with E-state index in [4.69, 9.17) is 10.5 Å². The summed E-state index contributed by atoms with van der Waals surface area (Å²) in [5, 5.41) is 0. The first-order valence-electron chi connectivity index (χ1n) is 6.76. The van der Waals surface area contributed by atoms with E-state index >= 15 is 0 Å². The Labute approximate surface area is 120 Å². The minimum Gasteiger partial charge on any atom is -0.480 e. The molecule has 0 fully saturated rings. The molecule has 0 spiro atoms. The predicted molar refractivity (Wildman–Crippen MR) is 82.8 cm³/mol. The molecule has 20 heavy (non-hydrogen) atoms. The van der Waals surface area contributed by atoms with E-state index < -0.39 is 0 Å². The van der Waals surface area contributed by atoms with Crippen LogP contribution in [0.25, 0.3) is 0 Å². The topological polar surface area (TPSA) is 35.2 Å². The van der Waals surface area contributed by atoms with Gasteiger partial charge in [-0.1, -0.05) is 48.2 Å². The Kier molecular flexibility index (Phi) is 5.23. The van der Waals surface area contributed by atoms with Gasteiger partial charge in [0.25, 0.3) is 0 Å². The SMILES string of the molecule is Cc1cccc(CCN)c1OCC#Cc1ccccc1. The molecule has 2 N–H and O–H groups in total. The Balaban J connectivity index is 2.03. The molecule has 2 nitrogen and oxygen atoms in total. The van der Waals surface area contributed by atoms with Crippen molar-refractivity contribution in [2.24, 2.45) is 5.73 Å². The molecule has 0 atom stereocenters. The summed E-state index contributed by atoms with van der Waals surface area (Å²) in [4.78, 5) is 0. The summed E-state index contributed by atoms with van der Waals surface area (Å²) in [6.07, 6.45) is 0.823. The van der Waals surface area contributed by atoms with Crippen molar-refractivity contribution in [3.05, 3.63) is 65.2 Å². The number of rotatable bonds is 4. The maximum atomic E-state index is 5.81. The van der Waals surface area contributed by atoms with Crippen LogP contribution in [0.4, 0.5) is 0 Å². The van der Waals surface area contributed by atoms with Crippen LogP contribution in [0.2, 0.25) is 0 Å². The highest BCUT2D eigenvalue weighted by atomic mass is 16.5. The molecule has 0 saturated carbocycles. The zero-order valence-corrected chi connectivity index (χ0v) is 11.7. The van der Waals surface area contributed by atoms with Crippen LogP contribution in [-0.4, -0.2) is 13.2 Å². The predicted octanol–water partition coefficient (Wildman–Crippen LogP) is 2.93. The van der Waals surface area contributed by atoms with E-state index in [-0.39, 0.29) is 0 Å². The second-order valence-corrected chi connectivity index (χ2v) is 4.56. The lowest BCUT2D eigenvalue weighted by Gasteiger charge is -2.11. The molecular weight excluding hydrogens is 246 g/mol. The van der Waals surface area contributed by atoms with Gasteiger partial charge in [0.15, 0.2) is 0 Å². The number of aryl methyl sites for hydroxylation is 1. The van der Waals surface area contributed by atoms with Gasteiger partial charge < -0.3 is 10.5 Å². The average Bonchev–Trinajstić information content (AvgIpc) is 2.47. The zero-order valence-electron chi connectivity index (χ0n) is 11.7. The number of benzene rings is 2. The number of nitrogens with two attached hydrogens (primary N) is 1. The lowest BCUT2D eigenvalue weighted by molar-refractivity contribution is 0.363. The number of para-hydroxylation sites is 1. The molecule has 2 heteroatoms. The van der Waals surface area contributed by atoms with Crippen molar-refractivity contribution in [3.8, 4) is 17.6 Å². The van der Waals surface area contributed by atoms with Gasteiger partial charge in [0, 0.05) is 5.56 Å². The number of hydrogen-bond donors (Lipinski definition) is 1. The van der Waals surface area contributed by atoms with E-state index in [1.54, 1.807) is 0 Å². The van der Waals surface area contributed by atoms with Crippen molar-refractivity contribution in [3.63, 3.8) is 0 Å². The molecule has 102 valence electrons. The van der Waals surface area contributed by atoms with E-state index in [1.807, 2.05) is 49.4 Å². The third-order valence-corrected chi connectivity index (χ3v) is 3.00. The Morgan fingerprint density at radius 2 is 1.85 bits per heavy atom. The average molecular weight is 265 g/mol.